The number of nitro benzene ring substituents is 1. The highest BCUT2D eigenvalue weighted by atomic mass is 32.2. The zero-order valence-electron chi connectivity index (χ0n) is 10.7. The molecule has 0 aliphatic heterocycles. The molecule has 106 valence electrons. The lowest BCUT2D eigenvalue weighted by Crippen LogP contribution is -2.40. The molecule has 0 aliphatic carbocycles. The first-order valence-corrected chi connectivity index (χ1v) is 7.22. The van der Waals surface area contributed by atoms with E-state index in [4.69, 9.17) is 5.73 Å². The molecule has 1 aromatic carbocycles. The number of benzene rings is 1. The van der Waals surface area contributed by atoms with E-state index in [2.05, 4.69) is 4.72 Å². The van der Waals surface area contributed by atoms with Crippen molar-refractivity contribution in [2.24, 2.45) is 11.7 Å². The molecule has 1 rings (SSSR count). The number of nitrogens with two attached hydrogens (primary N) is 1. The molecule has 1 unspecified atom stereocenters. The maximum atomic E-state index is 11.9. The Morgan fingerprint density at radius 3 is 2.58 bits per heavy atom. The maximum Gasteiger partial charge on any atom is 0.270 e. The van der Waals surface area contributed by atoms with Gasteiger partial charge in [-0.15, -0.1) is 0 Å². The Hall–Kier alpha value is -1.51. The van der Waals surface area contributed by atoms with E-state index in [1.807, 2.05) is 13.8 Å². The van der Waals surface area contributed by atoms with Gasteiger partial charge < -0.3 is 5.73 Å². The Labute approximate surface area is 112 Å². The Morgan fingerprint density at radius 1 is 1.42 bits per heavy atom. The van der Waals surface area contributed by atoms with E-state index in [9.17, 15) is 18.5 Å². The van der Waals surface area contributed by atoms with E-state index < -0.39 is 14.9 Å². The lowest BCUT2D eigenvalue weighted by Gasteiger charge is -2.16. The first-order valence-electron chi connectivity index (χ1n) is 5.73. The molecule has 0 radical (unpaired) electrons. The summed E-state index contributed by atoms with van der Waals surface area (Å²) in [4.78, 5) is 9.82. The van der Waals surface area contributed by atoms with Gasteiger partial charge in [-0.2, -0.15) is 0 Å². The summed E-state index contributed by atoms with van der Waals surface area (Å²) in [5.74, 6) is 0.132. The fraction of sp³-hybridized carbons (Fsp3) is 0.455. The fourth-order valence-corrected chi connectivity index (χ4v) is 2.40. The summed E-state index contributed by atoms with van der Waals surface area (Å²) >= 11 is 0. The SMILES string of the molecule is CC(C)C(N)CNS(=O)(=O)c1cccc([N+](=O)[O-])c1. The van der Waals surface area contributed by atoms with Crippen LogP contribution in [0.15, 0.2) is 29.2 Å². The van der Waals surface area contributed by atoms with Gasteiger partial charge in [-0.3, -0.25) is 10.1 Å². The van der Waals surface area contributed by atoms with Crippen molar-refractivity contribution in [3.8, 4) is 0 Å². The van der Waals surface area contributed by atoms with Crippen LogP contribution in [0.5, 0.6) is 0 Å². The maximum absolute atomic E-state index is 11.9. The topological polar surface area (TPSA) is 115 Å². The second-order valence-corrected chi connectivity index (χ2v) is 6.28. The van der Waals surface area contributed by atoms with Crippen molar-refractivity contribution in [3.05, 3.63) is 34.4 Å². The zero-order chi connectivity index (χ0) is 14.6. The molecule has 0 spiro atoms. The van der Waals surface area contributed by atoms with Crippen molar-refractivity contribution in [2.75, 3.05) is 6.54 Å². The first kappa shape index (κ1) is 15.5. The van der Waals surface area contributed by atoms with Crippen LogP contribution in [0.3, 0.4) is 0 Å². The Balaban J connectivity index is 2.89. The standard InChI is InChI=1S/C11H17N3O4S/c1-8(2)11(12)7-13-19(17,18)10-5-3-4-9(6-10)14(15)16/h3-6,8,11,13H,7,12H2,1-2H3. The molecule has 0 aromatic heterocycles. The lowest BCUT2D eigenvalue weighted by molar-refractivity contribution is -0.385. The fourth-order valence-electron chi connectivity index (χ4n) is 1.29. The molecule has 0 saturated carbocycles. The number of non-ortho nitro benzene ring substituents is 1. The van der Waals surface area contributed by atoms with Gasteiger partial charge in [0.2, 0.25) is 10.0 Å². The Kier molecular flexibility index (Phi) is 4.98. The van der Waals surface area contributed by atoms with E-state index in [1.165, 1.54) is 18.2 Å². The van der Waals surface area contributed by atoms with Gasteiger partial charge in [-0.1, -0.05) is 19.9 Å². The Bertz CT molecular complexity index is 557. The van der Waals surface area contributed by atoms with Gasteiger partial charge in [0, 0.05) is 24.7 Å². The summed E-state index contributed by atoms with van der Waals surface area (Å²) in [5, 5.41) is 10.6. The summed E-state index contributed by atoms with van der Waals surface area (Å²) in [6, 6.07) is 4.57. The van der Waals surface area contributed by atoms with Crippen LogP contribution < -0.4 is 10.5 Å². The summed E-state index contributed by atoms with van der Waals surface area (Å²) < 4.78 is 26.2. The van der Waals surface area contributed by atoms with Crippen molar-refractivity contribution in [3.63, 3.8) is 0 Å². The molecule has 1 aromatic rings. The van der Waals surface area contributed by atoms with E-state index in [-0.39, 0.29) is 29.1 Å². The summed E-state index contributed by atoms with van der Waals surface area (Å²) in [6.45, 7) is 3.85. The van der Waals surface area contributed by atoms with Crippen LogP contribution in [0.25, 0.3) is 0 Å². The van der Waals surface area contributed by atoms with E-state index in [0.29, 0.717) is 0 Å². The number of nitro groups is 1. The van der Waals surface area contributed by atoms with Crippen LogP contribution in [0.4, 0.5) is 5.69 Å². The van der Waals surface area contributed by atoms with E-state index in [0.717, 1.165) is 6.07 Å². The highest BCUT2D eigenvalue weighted by Crippen LogP contribution is 2.17. The van der Waals surface area contributed by atoms with Crippen molar-refractivity contribution in [1.29, 1.82) is 0 Å². The van der Waals surface area contributed by atoms with Crippen LogP contribution in [0.2, 0.25) is 0 Å². The predicted molar refractivity (Wildman–Crippen MR) is 71.1 cm³/mol. The Morgan fingerprint density at radius 2 is 2.05 bits per heavy atom. The molecule has 0 amide bonds. The predicted octanol–water partition coefficient (Wildman–Crippen LogP) is 0.856. The average molecular weight is 287 g/mol. The van der Waals surface area contributed by atoms with Gasteiger partial charge in [-0.25, -0.2) is 13.1 Å². The smallest absolute Gasteiger partial charge is 0.270 e. The van der Waals surface area contributed by atoms with E-state index >= 15 is 0 Å². The third-order valence-corrected chi connectivity index (χ3v) is 4.13. The first-order chi connectivity index (χ1) is 8.74. The van der Waals surface area contributed by atoms with Crippen molar-refractivity contribution in [1.82, 2.24) is 4.72 Å². The third-order valence-electron chi connectivity index (χ3n) is 2.70. The third kappa shape index (κ3) is 4.27. The molecule has 0 bridgehead atoms. The molecule has 1 atom stereocenters. The summed E-state index contributed by atoms with van der Waals surface area (Å²) in [5.41, 5.74) is 5.48. The van der Waals surface area contributed by atoms with Crippen LogP contribution in [-0.2, 0) is 10.0 Å². The average Bonchev–Trinajstić information content (AvgIpc) is 2.36. The highest BCUT2D eigenvalue weighted by molar-refractivity contribution is 7.89. The molecule has 3 N–H and O–H groups in total. The number of nitrogens with zero attached hydrogens (tertiary/aromatic N) is 1. The molecule has 19 heavy (non-hydrogen) atoms. The van der Waals surface area contributed by atoms with Crippen LogP contribution in [0.1, 0.15) is 13.8 Å². The molecule has 0 saturated heterocycles. The van der Waals surface area contributed by atoms with Crippen LogP contribution in [-0.4, -0.2) is 25.9 Å². The molecule has 0 fully saturated rings. The molecule has 0 aliphatic rings. The minimum absolute atomic E-state index is 0.0860. The monoisotopic (exact) mass is 287 g/mol. The normalized spacial score (nSPS) is 13.5. The van der Waals surface area contributed by atoms with Gasteiger partial charge in [0.25, 0.3) is 5.69 Å². The quantitative estimate of drug-likeness (QED) is 0.594. The summed E-state index contributed by atoms with van der Waals surface area (Å²) in [7, 11) is -3.78. The van der Waals surface area contributed by atoms with Gasteiger partial charge in [-0.05, 0) is 12.0 Å². The number of sulfonamides is 1. The molecule has 7 nitrogen and oxygen atoms in total. The minimum atomic E-state index is -3.78. The van der Waals surface area contributed by atoms with Crippen molar-refractivity contribution in [2.45, 2.75) is 24.8 Å². The minimum Gasteiger partial charge on any atom is -0.326 e. The van der Waals surface area contributed by atoms with Gasteiger partial charge >= 0.3 is 0 Å². The molecular formula is C11H17N3O4S. The molecule has 0 heterocycles. The van der Waals surface area contributed by atoms with Crippen molar-refractivity contribution >= 4 is 15.7 Å². The number of hydrogen-bond donors (Lipinski definition) is 2. The summed E-state index contributed by atoms with van der Waals surface area (Å²) in [6.07, 6.45) is 0. The largest absolute Gasteiger partial charge is 0.326 e. The van der Waals surface area contributed by atoms with Crippen LogP contribution in [0, 0.1) is 16.0 Å². The zero-order valence-corrected chi connectivity index (χ0v) is 11.6. The van der Waals surface area contributed by atoms with Crippen molar-refractivity contribution < 1.29 is 13.3 Å². The number of hydrogen-bond acceptors (Lipinski definition) is 5. The van der Waals surface area contributed by atoms with E-state index in [1.54, 1.807) is 0 Å². The lowest BCUT2D eigenvalue weighted by atomic mass is 10.1. The van der Waals surface area contributed by atoms with Gasteiger partial charge in [0.1, 0.15) is 0 Å². The molecule has 8 heteroatoms. The van der Waals surface area contributed by atoms with Gasteiger partial charge in [0.05, 0.1) is 9.82 Å². The number of nitrogens with one attached hydrogen (secondary N) is 1. The number of rotatable bonds is 6. The highest BCUT2D eigenvalue weighted by Gasteiger charge is 2.19. The van der Waals surface area contributed by atoms with Gasteiger partial charge in [0.15, 0.2) is 0 Å². The van der Waals surface area contributed by atoms with Crippen LogP contribution >= 0.6 is 0 Å². The second kappa shape index (κ2) is 6.09. The molecular weight excluding hydrogens is 270 g/mol. The second-order valence-electron chi connectivity index (χ2n) is 4.51.